The molecule has 158 valence electrons. The van der Waals surface area contributed by atoms with Crippen molar-refractivity contribution in [2.45, 2.75) is 47.3 Å². The summed E-state index contributed by atoms with van der Waals surface area (Å²) in [6, 6.07) is 11.3. The van der Waals surface area contributed by atoms with Gasteiger partial charge < -0.3 is 10.1 Å². The van der Waals surface area contributed by atoms with Crippen molar-refractivity contribution in [3.63, 3.8) is 0 Å². The Hall–Kier alpha value is -2.54. The van der Waals surface area contributed by atoms with Gasteiger partial charge in [0.05, 0.1) is 18.0 Å². The van der Waals surface area contributed by atoms with E-state index in [1.54, 1.807) is 0 Å². The van der Waals surface area contributed by atoms with Gasteiger partial charge >= 0.3 is 0 Å². The second-order valence-electron chi connectivity index (χ2n) is 7.61. The molecule has 1 N–H and O–H groups in total. The maximum Gasteiger partial charge on any atom is 0.241 e. The number of ether oxygens (including phenoxy) is 1. The van der Waals surface area contributed by atoms with Crippen LogP contribution in [-0.2, 0) is 21.4 Å². The molecule has 0 saturated heterocycles. The van der Waals surface area contributed by atoms with Crippen LogP contribution in [0.15, 0.2) is 36.4 Å². The molecule has 0 aliphatic carbocycles. The monoisotopic (exact) mass is 418 g/mol. The van der Waals surface area contributed by atoms with Crippen LogP contribution < -0.4 is 14.4 Å². The number of benzene rings is 2. The zero-order valence-electron chi connectivity index (χ0n) is 17.9. The van der Waals surface area contributed by atoms with Crippen LogP contribution in [0, 0.1) is 20.8 Å². The molecule has 2 rings (SSSR count). The van der Waals surface area contributed by atoms with Crippen molar-refractivity contribution in [3.05, 3.63) is 58.7 Å². The minimum Gasteiger partial charge on any atom is -0.491 e. The Labute approximate surface area is 173 Å². The first-order chi connectivity index (χ1) is 13.5. The summed E-state index contributed by atoms with van der Waals surface area (Å²) in [4.78, 5) is 12.6. The summed E-state index contributed by atoms with van der Waals surface area (Å²) in [5.41, 5.74) is 4.12. The fourth-order valence-corrected chi connectivity index (χ4v) is 4.29. The van der Waals surface area contributed by atoms with Gasteiger partial charge in [0.2, 0.25) is 15.9 Å². The summed E-state index contributed by atoms with van der Waals surface area (Å²) in [6.07, 6.45) is 1.18. The van der Waals surface area contributed by atoms with E-state index in [2.05, 4.69) is 5.32 Å². The third-order valence-electron chi connectivity index (χ3n) is 4.33. The van der Waals surface area contributed by atoms with Gasteiger partial charge in [-0.15, -0.1) is 0 Å². The van der Waals surface area contributed by atoms with Crippen molar-refractivity contribution in [2.75, 3.05) is 17.1 Å². The zero-order valence-corrected chi connectivity index (χ0v) is 18.8. The topological polar surface area (TPSA) is 75.7 Å². The van der Waals surface area contributed by atoms with Crippen molar-refractivity contribution in [1.82, 2.24) is 5.32 Å². The van der Waals surface area contributed by atoms with Gasteiger partial charge in [0.1, 0.15) is 12.3 Å². The first kappa shape index (κ1) is 22.7. The maximum atomic E-state index is 12.6. The molecule has 29 heavy (non-hydrogen) atoms. The van der Waals surface area contributed by atoms with Crippen molar-refractivity contribution in [3.8, 4) is 5.75 Å². The van der Waals surface area contributed by atoms with Gasteiger partial charge in [0, 0.05) is 6.54 Å². The largest absolute Gasteiger partial charge is 0.491 e. The lowest BCUT2D eigenvalue weighted by molar-refractivity contribution is -0.119. The number of hydrogen-bond acceptors (Lipinski definition) is 4. The number of amides is 1. The second kappa shape index (κ2) is 9.31. The smallest absolute Gasteiger partial charge is 0.241 e. The molecule has 0 radical (unpaired) electrons. The quantitative estimate of drug-likeness (QED) is 0.712. The Balaban J connectivity index is 2.15. The molecule has 2 aromatic rings. The van der Waals surface area contributed by atoms with Gasteiger partial charge in [0.25, 0.3) is 0 Å². The van der Waals surface area contributed by atoms with Gasteiger partial charge in [-0.25, -0.2) is 8.42 Å². The fourth-order valence-electron chi connectivity index (χ4n) is 3.32. The molecule has 0 fully saturated rings. The zero-order chi connectivity index (χ0) is 21.8. The molecule has 0 atom stereocenters. The minimum absolute atomic E-state index is 0.0594. The van der Waals surface area contributed by atoms with Gasteiger partial charge in [-0.3, -0.25) is 9.10 Å². The number of aryl methyl sites for hydroxylation is 3. The molecule has 2 aromatic carbocycles. The Morgan fingerprint density at radius 3 is 2.28 bits per heavy atom. The highest BCUT2D eigenvalue weighted by Gasteiger charge is 2.24. The molecule has 0 aliphatic rings. The Kier molecular flexibility index (Phi) is 7.30. The van der Waals surface area contributed by atoms with Gasteiger partial charge in [0.15, 0.2) is 0 Å². The average molecular weight is 419 g/mol. The van der Waals surface area contributed by atoms with E-state index in [0.29, 0.717) is 5.69 Å². The Morgan fingerprint density at radius 2 is 1.72 bits per heavy atom. The molecule has 6 nitrogen and oxygen atoms in total. The molecule has 1 amide bonds. The predicted molar refractivity (Wildman–Crippen MR) is 117 cm³/mol. The third kappa shape index (κ3) is 6.49. The number of hydrogen-bond donors (Lipinski definition) is 1. The first-order valence-corrected chi connectivity index (χ1v) is 11.4. The lowest BCUT2D eigenvalue weighted by atomic mass is 10.1. The summed E-state index contributed by atoms with van der Waals surface area (Å²) in [5, 5.41) is 2.80. The van der Waals surface area contributed by atoms with Crippen LogP contribution in [-0.4, -0.2) is 33.2 Å². The molecule has 7 heteroatoms. The number of carbonyl (C=O) groups excluding carboxylic acids is 1. The molecular formula is C22H30N2O4S. The number of rotatable bonds is 8. The van der Waals surface area contributed by atoms with E-state index in [9.17, 15) is 13.2 Å². The van der Waals surface area contributed by atoms with Crippen LogP contribution in [0.5, 0.6) is 5.75 Å². The van der Waals surface area contributed by atoms with Crippen LogP contribution in [0.2, 0.25) is 0 Å². The Bertz CT molecular complexity index is 961. The van der Waals surface area contributed by atoms with Crippen molar-refractivity contribution >= 4 is 21.6 Å². The van der Waals surface area contributed by atoms with Crippen LogP contribution in [0.3, 0.4) is 0 Å². The highest BCUT2D eigenvalue weighted by atomic mass is 32.2. The fraction of sp³-hybridized carbons (Fsp3) is 0.409. The van der Waals surface area contributed by atoms with E-state index in [4.69, 9.17) is 4.74 Å². The molecule has 0 aromatic heterocycles. The summed E-state index contributed by atoms with van der Waals surface area (Å²) in [7, 11) is -3.62. The van der Waals surface area contributed by atoms with Gasteiger partial charge in [-0.1, -0.05) is 29.8 Å². The number of sulfonamides is 1. The predicted octanol–water partition coefficient (Wildman–Crippen LogP) is 3.48. The molecule has 0 unspecified atom stereocenters. The highest BCUT2D eigenvalue weighted by molar-refractivity contribution is 7.92. The van der Waals surface area contributed by atoms with Gasteiger partial charge in [-0.05, 0) is 63.4 Å². The van der Waals surface area contributed by atoms with Crippen molar-refractivity contribution in [2.24, 2.45) is 0 Å². The van der Waals surface area contributed by atoms with E-state index < -0.39 is 10.0 Å². The normalized spacial score (nSPS) is 11.4. The standard InChI is InChI=1S/C22H30N2O4S/c1-15(2)28-20-9-7-8-19(12-20)13-23-21(25)14-24(29(6,26)27)22-17(4)10-16(3)11-18(22)5/h7-12,15H,13-14H2,1-6H3,(H,23,25). The summed E-state index contributed by atoms with van der Waals surface area (Å²) in [5.74, 6) is 0.361. The van der Waals surface area contributed by atoms with Crippen molar-refractivity contribution < 1.29 is 17.9 Å². The summed E-state index contributed by atoms with van der Waals surface area (Å²) < 4.78 is 31.7. The maximum absolute atomic E-state index is 12.6. The number of nitrogens with one attached hydrogen (secondary N) is 1. The SMILES string of the molecule is Cc1cc(C)c(N(CC(=O)NCc2cccc(OC(C)C)c2)S(C)(=O)=O)c(C)c1. The number of nitrogens with zero attached hydrogens (tertiary/aromatic N) is 1. The number of carbonyl (C=O) groups is 1. The van der Waals surface area contributed by atoms with E-state index >= 15 is 0 Å². The molecule has 0 heterocycles. The van der Waals surface area contributed by atoms with E-state index in [0.717, 1.165) is 34.3 Å². The Morgan fingerprint density at radius 1 is 1.10 bits per heavy atom. The van der Waals surface area contributed by atoms with Crippen LogP contribution in [0.1, 0.15) is 36.1 Å². The van der Waals surface area contributed by atoms with Crippen molar-refractivity contribution in [1.29, 1.82) is 0 Å². The average Bonchev–Trinajstić information content (AvgIpc) is 2.57. The van der Waals surface area contributed by atoms with Crippen LogP contribution >= 0.6 is 0 Å². The molecule has 0 aliphatic heterocycles. The molecule has 0 saturated carbocycles. The summed E-state index contributed by atoms with van der Waals surface area (Å²) in [6.45, 7) is 9.57. The van der Waals surface area contributed by atoms with E-state index in [1.165, 1.54) is 4.31 Å². The molecule has 0 bridgehead atoms. The van der Waals surface area contributed by atoms with E-state index in [-0.39, 0.29) is 25.1 Å². The molecule has 0 spiro atoms. The first-order valence-electron chi connectivity index (χ1n) is 9.55. The van der Waals surface area contributed by atoms with Crippen LogP contribution in [0.25, 0.3) is 0 Å². The van der Waals surface area contributed by atoms with E-state index in [1.807, 2.05) is 71.0 Å². The molecular weight excluding hydrogens is 388 g/mol. The minimum atomic E-state index is -3.62. The second-order valence-corrected chi connectivity index (χ2v) is 9.51. The lowest BCUT2D eigenvalue weighted by Gasteiger charge is -2.26. The lowest BCUT2D eigenvalue weighted by Crippen LogP contribution is -2.40. The highest BCUT2D eigenvalue weighted by Crippen LogP contribution is 2.28. The van der Waals surface area contributed by atoms with Crippen LogP contribution in [0.4, 0.5) is 5.69 Å². The van der Waals surface area contributed by atoms with Gasteiger partial charge in [-0.2, -0.15) is 0 Å². The third-order valence-corrected chi connectivity index (χ3v) is 5.44. The number of anilines is 1. The summed E-state index contributed by atoms with van der Waals surface area (Å²) >= 11 is 0.